The van der Waals surface area contributed by atoms with E-state index >= 15 is 0 Å². The Bertz CT molecular complexity index is 502. The summed E-state index contributed by atoms with van der Waals surface area (Å²) in [5.41, 5.74) is 4.06. The quantitative estimate of drug-likeness (QED) is 0.665. The third-order valence-electron chi connectivity index (χ3n) is 3.38. The van der Waals surface area contributed by atoms with Gasteiger partial charge in [0.15, 0.2) is 0 Å². The minimum Gasteiger partial charge on any atom is -0.361 e. The summed E-state index contributed by atoms with van der Waals surface area (Å²) >= 11 is 2.40. The second-order valence-corrected chi connectivity index (χ2v) is 5.61. The summed E-state index contributed by atoms with van der Waals surface area (Å²) in [7, 11) is 4.27. The highest BCUT2D eigenvalue weighted by atomic mass is 127. The Hall–Kier alpha value is -0.550. The molecule has 0 aliphatic carbocycles. The molecule has 0 aliphatic rings. The topological polar surface area (TPSA) is 19.0 Å². The van der Waals surface area contributed by atoms with Crippen LogP contribution < -0.4 is 0 Å². The molecular weight excluding hydrogens is 323 g/mol. The third kappa shape index (κ3) is 2.83. The van der Waals surface area contributed by atoms with Crippen molar-refractivity contribution in [3.63, 3.8) is 0 Å². The van der Waals surface area contributed by atoms with E-state index in [1.54, 1.807) is 0 Å². The van der Waals surface area contributed by atoms with Crippen molar-refractivity contribution in [3.05, 3.63) is 35.5 Å². The van der Waals surface area contributed by atoms with Gasteiger partial charge in [-0.1, -0.05) is 34.7 Å². The van der Waals surface area contributed by atoms with Gasteiger partial charge in [0.05, 0.1) is 0 Å². The maximum absolute atomic E-state index is 3.39. The fraction of sp³-hybridized carbons (Fsp3) is 0.429. The van der Waals surface area contributed by atoms with E-state index in [-0.39, 0.29) is 0 Å². The number of likely N-dealkylation sites (N-methyl/N-ethyl adjacent to an activating group) is 1. The van der Waals surface area contributed by atoms with Crippen molar-refractivity contribution in [3.8, 4) is 0 Å². The Morgan fingerprint density at radius 1 is 1.35 bits per heavy atom. The van der Waals surface area contributed by atoms with Gasteiger partial charge in [0.2, 0.25) is 0 Å². The van der Waals surface area contributed by atoms with Gasteiger partial charge in [-0.3, -0.25) is 0 Å². The fourth-order valence-electron chi connectivity index (χ4n) is 1.99. The molecule has 0 spiro atoms. The summed E-state index contributed by atoms with van der Waals surface area (Å²) in [6.45, 7) is 2.26. The molecule has 0 saturated heterocycles. The number of hydrogen-bond acceptors (Lipinski definition) is 1. The Morgan fingerprint density at radius 3 is 2.76 bits per heavy atom. The maximum atomic E-state index is 3.39. The van der Waals surface area contributed by atoms with Gasteiger partial charge in [-0.2, -0.15) is 0 Å². The molecule has 1 N–H and O–H groups in total. The molecule has 92 valence electrons. The minimum absolute atomic E-state index is 0.568. The molecule has 1 heterocycles. The predicted molar refractivity (Wildman–Crippen MR) is 82.9 cm³/mol. The summed E-state index contributed by atoms with van der Waals surface area (Å²) in [6, 6.07) is 7.30. The van der Waals surface area contributed by atoms with Crippen LogP contribution in [0.25, 0.3) is 10.9 Å². The van der Waals surface area contributed by atoms with Gasteiger partial charge in [-0.15, -0.1) is 0 Å². The van der Waals surface area contributed by atoms with Crippen molar-refractivity contribution in [2.24, 2.45) is 0 Å². The first-order valence-electron chi connectivity index (χ1n) is 5.93. The largest absolute Gasteiger partial charge is 0.361 e. The van der Waals surface area contributed by atoms with Crippen molar-refractivity contribution in [2.45, 2.75) is 23.8 Å². The standard InChI is InChI=1S/C14H19IN2/c1-10(17(2)3)6-12-9-16-14-7-11(8-15)4-5-13(12)14/h4-5,7,9-10,16H,6,8H2,1-3H3/t10-/m1/s1. The number of benzene rings is 1. The Morgan fingerprint density at radius 2 is 2.12 bits per heavy atom. The Balaban J connectivity index is 2.30. The normalized spacial score (nSPS) is 13.5. The lowest BCUT2D eigenvalue weighted by atomic mass is 10.0. The Labute approximate surface area is 117 Å². The zero-order valence-corrected chi connectivity index (χ0v) is 12.8. The predicted octanol–water partition coefficient (Wildman–Crippen LogP) is 3.60. The molecule has 2 rings (SSSR count). The van der Waals surface area contributed by atoms with Gasteiger partial charge in [-0.25, -0.2) is 0 Å². The van der Waals surface area contributed by atoms with Gasteiger partial charge in [-0.05, 0) is 44.6 Å². The smallest absolute Gasteiger partial charge is 0.0459 e. The fourth-order valence-corrected chi connectivity index (χ4v) is 2.46. The maximum Gasteiger partial charge on any atom is 0.0459 e. The summed E-state index contributed by atoms with van der Waals surface area (Å²) in [5, 5.41) is 1.37. The van der Waals surface area contributed by atoms with Crippen LogP contribution in [-0.2, 0) is 10.8 Å². The van der Waals surface area contributed by atoms with Crippen molar-refractivity contribution < 1.29 is 0 Å². The van der Waals surface area contributed by atoms with Crippen LogP contribution in [0, 0.1) is 0 Å². The molecule has 3 heteroatoms. The minimum atomic E-state index is 0.568. The van der Waals surface area contributed by atoms with E-state index < -0.39 is 0 Å². The number of alkyl halides is 1. The highest BCUT2D eigenvalue weighted by Crippen LogP contribution is 2.22. The number of aromatic nitrogens is 1. The van der Waals surface area contributed by atoms with Crippen LogP contribution in [0.4, 0.5) is 0 Å². The molecule has 2 aromatic rings. The molecule has 0 fully saturated rings. The summed E-state index contributed by atoms with van der Waals surface area (Å²) in [6.07, 6.45) is 3.25. The molecule has 0 unspecified atom stereocenters. The number of H-pyrrole nitrogens is 1. The highest BCUT2D eigenvalue weighted by molar-refractivity contribution is 14.1. The summed E-state index contributed by atoms with van der Waals surface area (Å²) in [4.78, 5) is 5.65. The van der Waals surface area contributed by atoms with Crippen LogP contribution in [0.1, 0.15) is 18.1 Å². The van der Waals surface area contributed by atoms with Crippen LogP contribution in [0.2, 0.25) is 0 Å². The van der Waals surface area contributed by atoms with Gasteiger partial charge < -0.3 is 9.88 Å². The zero-order valence-electron chi connectivity index (χ0n) is 10.6. The number of nitrogens with zero attached hydrogens (tertiary/aromatic N) is 1. The number of rotatable bonds is 4. The second kappa shape index (κ2) is 5.40. The van der Waals surface area contributed by atoms with Gasteiger partial charge in [0, 0.05) is 27.6 Å². The van der Waals surface area contributed by atoms with Crippen LogP contribution in [0.5, 0.6) is 0 Å². The van der Waals surface area contributed by atoms with E-state index in [9.17, 15) is 0 Å². The number of aromatic amines is 1. The molecule has 0 amide bonds. The van der Waals surface area contributed by atoms with Gasteiger partial charge in [0.1, 0.15) is 0 Å². The molecule has 1 aromatic carbocycles. The molecule has 2 nitrogen and oxygen atoms in total. The molecule has 0 aliphatic heterocycles. The number of hydrogen-bond donors (Lipinski definition) is 1. The lowest BCUT2D eigenvalue weighted by molar-refractivity contribution is 0.313. The Kier molecular flexibility index (Phi) is 4.09. The first-order valence-corrected chi connectivity index (χ1v) is 7.45. The molecule has 1 atom stereocenters. The average Bonchev–Trinajstić information content (AvgIpc) is 2.71. The van der Waals surface area contributed by atoms with Crippen LogP contribution in [0.3, 0.4) is 0 Å². The van der Waals surface area contributed by atoms with E-state index in [0.29, 0.717) is 6.04 Å². The highest BCUT2D eigenvalue weighted by Gasteiger charge is 2.10. The van der Waals surface area contributed by atoms with E-state index in [1.807, 2.05) is 0 Å². The number of fused-ring (bicyclic) bond motifs is 1. The van der Waals surface area contributed by atoms with Crippen molar-refractivity contribution in [2.75, 3.05) is 14.1 Å². The van der Waals surface area contributed by atoms with Crippen molar-refractivity contribution >= 4 is 33.5 Å². The molecule has 1 aromatic heterocycles. The number of nitrogens with one attached hydrogen (secondary N) is 1. The average molecular weight is 342 g/mol. The van der Waals surface area contributed by atoms with E-state index in [4.69, 9.17) is 0 Å². The van der Waals surface area contributed by atoms with Crippen LogP contribution in [-0.4, -0.2) is 30.0 Å². The second-order valence-electron chi connectivity index (χ2n) is 4.84. The van der Waals surface area contributed by atoms with E-state index in [0.717, 1.165) is 10.8 Å². The monoisotopic (exact) mass is 342 g/mol. The van der Waals surface area contributed by atoms with Crippen molar-refractivity contribution in [1.29, 1.82) is 0 Å². The SMILES string of the molecule is C[C@H](Cc1c[nH]c2cc(CI)ccc12)N(C)C. The zero-order chi connectivity index (χ0) is 12.4. The van der Waals surface area contributed by atoms with Crippen molar-refractivity contribution in [1.82, 2.24) is 9.88 Å². The van der Waals surface area contributed by atoms with Crippen LogP contribution in [0.15, 0.2) is 24.4 Å². The van der Waals surface area contributed by atoms with Crippen LogP contribution >= 0.6 is 22.6 Å². The molecule has 0 radical (unpaired) electrons. The first kappa shape index (κ1) is 12.9. The molecule has 0 saturated carbocycles. The summed E-state index contributed by atoms with van der Waals surface area (Å²) in [5.74, 6) is 0. The molecular formula is C14H19IN2. The van der Waals surface area contributed by atoms with E-state index in [1.165, 1.54) is 22.0 Å². The molecule has 0 bridgehead atoms. The first-order chi connectivity index (χ1) is 8.11. The van der Waals surface area contributed by atoms with Gasteiger partial charge >= 0.3 is 0 Å². The van der Waals surface area contributed by atoms with Gasteiger partial charge in [0.25, 0.3) is 0 Å². The lowest BCUT2D eigenvalue weighted by Crippen LogP contribution is -2.26. The number of halogens is 1. The molecule has 17 heavy (non-hydrogen) atoms. The lowest BCUT2D eigenvalue weighted by Gasteiger charge is -2.19. The third-order valence-corrected chi connectivity index (χ3v) is 4.26. The summed E-state index contributed by atoms with van der Waals surface area (Å²) < 4.78 is 1.07. The van der Waals surface area contributed by atoms with E-state index in [2.05, 4.69) is 77.9 Å².